The Morgan fingerprint density at radius 3 is 2.48 bits per heavy atom. The highest BCUT2D eigenvalue weighted by Gasteiger charge is 2.40. The predicted molar refractivity (Wildman–Crippen MR) is 193 cm³/mol. The second-order valence-corrected chi connectivity index (χ2v) is 14.0. The zero-order valence-corrected chi connectivity index (χ0v) is 30.3. The smallest absolute Gasteiger partial charge is 0.459 e. The molecule has 1 aliphatic heterocycles. The number of carbonyl (C=O) groups excluding carboxylic acids is 2. The lowest BCUT2D eigenvalue weighted by atomic mass is 10.1. The van der Waals surface area contributed by atoms with Crippen LogP contribution in [0.25, 0.3) is 0 Å². The van der Waals surface area contributed by atoms with Crippen molar-refractivity contribution < 1.29 is 37.8 Å². The van der Waals surface area contributed by atoms with Crippen LogP contribution in [0.2, 0.25) is 0 Å². The number of nitrogens with zero attached hydrogens (tertiary/aromatic N) is 1. The summed E-state index contributed by atoms with van der Waals surface area (Å²) in [6.45, 7) is 3.41. The average molecular weight is 739 g/mol. The summed E-state index contributed by atoms with van der Waals surface area (Å²) in [5, 5.41) is 16.2. The van der Waals surface area contributed by atoms with Crippen LogP contribution in [0.1, 0.15) is 82.6 Å². The van der Waals surface area contributed by atoms with Crippen LogP contribution >= 0.6 is 7.75 Å². The molecule has 1 aromatic heterocycles. The lowest BCUT2D eigenvalue weighted by Crippen LogP contribution is -2.38. The first-order chi connectivity index (χ1) is 25.1. The molecule has 0 aliphatic carbocycles. The maximum Gasteiger partial charge on any atom is 0.459 e. The fourth-order valence-corrected chi connectivity index (χ4v) is 6.89. The Morgan fingerprint density at radius 1 is 1.06 bits per heavy atom. The van der Waals surface area contributed by atoms with Crippen LogP contribution in [-0.4, -0.2) is 57.9 Å². The van der Waals surface area contributed by atoms with Gasteiger partial charge in [-0.05, 0) is 30.5 Å². The first-order valence-electron chi connectivity index (χ1n) is 17.5. The van der Waals surface area contributed by atoms with Gasteiger partial charge in [0.25, 0.3) is 5.56 Å². The SMILES string of the molecule is CCCCCCCC(=O)NCC#Cc1cn(C2C[C@H](O)[C@@H](COP(=O)(N[C@@H](CC)C(=O)OCc3ccccc3)Oc3ccccc3)O2)c(=O)[nH]c1=O. The fourth-order valence-electron chi connectivity index (χ4n) is 5.30. The summed E-state index contributed by atoms with van der Waals surface area (Å²) in [7, 11) is -4.30. The Bertz CT molecular complexity index is 1820. The van der Waals surface area contributed by atoms with Crippen LogP contribution in [0.4, 0.5) is 0 Å². The molecule has 2 aromatic carbocycles. The van der Waals surface area contributed by atoms with E-state index in [1.165, 1.54) is 6.20 Å². The van der Waals surface area contributed by atoms with Crippen LogP contribution in [0.15, 0.2) is 76.4 Å². The van der Waals surface area contributed by atoms with E-state index in [1.807, 2.05) is 30.3 Å². The molecule has 2 heterocycles. The summed E-state index contributed by atoms with van der Waals surface area (Å²) in [6.07, 6.45) is 3.60. The van der Waals surface area contributed by atoms with Crippen molar-refractivity contribution in [1.82, 2.24) is 20.0 Å². The third-order valence-corrected chi connectivity index (χ3v) is 9.76. The van der Waals surface area contributed by atoms with E-state index in [1.54, 1.807) is 37.3 Å². The molecule has 0 radical (unpaired) electrons. The van der Waals surface area contributed by atoms with E-state index >= 15 is 0 Å². The third-order valence-electron chi connectivity index (χ3n) is 8.19. The standard InChI is InChI=1S/C37H47N4O10P/c1-3-5-6-7-14-21-33(43)38-22-15-18-28-24-41(37(46)39-35(28)44)34-23-31(42)32(50-34)26-49-52(47,51-29-19-12-9-13-20-29)40-30(4-2)36(45)48-25-27-16-10-8-11-17-27/h8-13,16-17,19-20,24,30-32,34,42H,3-7,14,21-23,25-26H2,1-2H3,(H,38,43)(H,40,47)(H,39,44,46)/t30-,31-,32+,34?,52?/m0/s1. The van der Waals surface area contributed by atoms with Gasteiger partial charge < -0.3 is 24.4 Å². The zero-order valence-electron chi connectivity index (χ0n) is 29.5. The Morgan fingerprint density at radius 2 is 1.77 bits per heavy atom. The van der Waals surface area contributed by atoms with Gasteiger partial charge in [-0.15, -0.1) is 0 Å². The number of nitrogens with one attached hydrogen (secondary N) is 3. The number of aromatic amines is 1. The molecule has 15 heteroatoms. The highest BCUT2D eigenvalue weighted by Crippen LogP contribution is 2.46. The Labute approximate surface area is 302 Å². The minimum atomic E-state index is -4.30. The number of aliphatic hydroxyl groups excluding tert-OH is 1. The molecule has 1 saturated heterocycles. The highest BCUT2D eigenvalue weighted by molar-refractivity contribution is 7.52. The molecule has 1 amide bonds. The summed E-state index contributed by atoms with van der Waals surface area (Å²) < 4.78 is 38.1. The molecule has 52 heavy (non-hydrogen) atoms. The minimum absolute atomic E-state index is 0.0132. The molecule has 1 aliphatic rings. The van der Waals surface area contributed by atoms with Crippen molar-refractivity contribution in [2.24, 2.45) is 0 Å². The number of carbonyl (C=O) groups is 2. The monoisotopic (exact) mass is 738 g/mol. The van der Waals surface area contributed by atoms with Crippen LogP contribution in [0.5, 0.6) is 5.75 Å². The average Bonchev–Trinajstić information content (AvgIpc) is 3.51. The molecule has 1 fully saturated rings. The van der Waals surface area contributed by atoms with Gasteiger partial charge in [0.2, 0.25) is 5.91 Å². The topological polar surface area (TPSA) is 187 Å². The molecule has 0 saturated carbocycles. The third kappa shape index (κ3) is 12.6. The van der Waals surface area contributed by atoms with Gasteiger partial charge in [0.1, 0.15) is 36.3 Å². The van der Waals surface area contributed by atoms with E-state index in [2.05, 4.69) is 34.2 Å². The number of rotatable bonds is 19. The molecule has 0 bridgehead atoms. The Hall–Kier alpha value is -4.51. The molecule has 0 spiro atoms. The maximum atomic E-state index is 14.1. The number of H-pyrrole nitrogens is 1. The number of hydrogen-bond donors (Lipinski definition) is 4. The predicted octanol–water partition coefficient (Wildman–Crippen LogP) is 4.33. The Kier molecular flexibility index (Phi) is 15.9. The van der Waals surface area contributed by atoms with Crippen molar-refractivity contribution in [2.45, 2.75) is 96.3 Å². The van der Waals surface area contributed by atoms with E-state index in [4.69, 9.17) is 18.5 Å². The second-order valence-electron chi connectivity index (χ2n) is 12.3. The van der Waals surface area contributed by atoms with E-state index < -0.39 is 56.0 Å². The molecule has 3 aromatic rings. The quantitative estimate of drug-likeness (QED) is 0.0594. The highest BCUT2D eigenvalue weighted by atomic mass is 31.2. The summed E-state index contributed by atoms with van der Waals surface area (Å²) >= 11 is 0. The first-order valence-corrected chi connectivity index (χ1v) is 19.1. The van der Waals surface area contributed by atoms with Gasteiger partial charge in [0.05, 0.1) is 19.3 Å². The molecular weight excluding hydrogens is 691 g/mol. The number of benzene rings is 2. The number of para-hydroxylation sites is 1. The van der Waals surface area contributed by atoms with Crippen LogP contribution in [0.3, 0.4) is 0 Å². The van der Waals surface area contributed by atoms with Crippen molar-refractivity contribution in [3.8, 4) is 17.6 Å². The number of aliphatic hydroxyl groups is 1. The first kappa shape index (κ1) is 40.3. The molecular formula is C37H47N4O10P. The van der Waals surface area contributed by atoms with Gasteiger partial charge in [-0.2, -0.15) is 5.09 Å². The molecule has 4 rings (SSSR count). The van der Waals surface area contributed by atoms with Gasteiger partial charge >= 0.3 is 19.4 Å². The number of ether oxygens (including phenoxy) is 2. The van der Waals surface area contributed by atoms with E-state index in [0.29, 0.717) is 6.42 Å². The summed E-state index contributed by atoms with van der Waals surface area (Å²) in [4.78, 5) is 52.5. The normalized spacial score (nSPS) is 18.4. The summed E-state index contributed by atoms with van der Waals surface area (Å²) in [5.41, 5.74) is -0.765. The van der Waals surface area contributed by atoms with Gasteiger partial charge in [-0.25, -0.2) is 9.36 Å². The summed E-state index contributed by atoms with van der Waals surface area (Å²) in [5.74, 6) is 4.81. The van der Waals surface area contributed by atoms with Gasteiger partial charge in [-0.3, -0.25) is 28.5 Å². The molecule has 4 N–H and O–H groups in total. The summed E-state index contributed by atoms with van der Waals surface area (Å²) in [6, 6.07) is 16.3. The van der Waals surface area contributed by atoms with Gasteiger partial charge in [-0.1, -0.05) is 99.9 Å². The van der Waals surface area contributed by atoms with Crippen molar-refractivity contribution in [2.75, 3.05) is 13.2 Å². The van der Waals surface area contributed by atoms with Gasteiger partial charge in [0.15, 0.2) is 0 Å². The number of amides is 1. The number of hydrogen-bond acceptors (Lipinski definition) is 10. The molecule has 14 nitrogen and oxygen atoms in total. The van der Waals surface area contributed by atoms with Crippen LogP contribution in [0, 0.1) is 11.8 Å². The van der Waals surface area contributed by atoms with Crippen LogP contribution in [-0.2, 0) is 34.8 Å². The van der Waals surface area contributed by atoms with Crippen molar-refractivity contribution in [1.29, 1.82) is 0 Å². The number of aromatic nitrogens is 2. The number of esters is 1. The Balaban J connectivity index is 1.39. The molecule has 280 valence electrons. The van der Waals surface area contributed by atoms with Crippen molar-refractivity contribution >= 4 is 19.6 Å². The largest absolute Gasteiger partial charge is 0.460 e. The number of unbranched alkanes of at least 4 members (excludes halogenated alkanes) is 4. The second kappa shape index (κ2) is 20.5. The van der Waals surface area contributed by atoms with E-state index in [9.17, 15) is 28.8 Å². The van der Waals surface area contributed by atoms with E-state index in [0.717, 1.165) is 42.2 Å². The molecule has 5 atom stereocenters. The van der Waals surface area contributed by atoms with Gasteiger partial charge in [0, 0.05) is 19.0 Å². The maximum absolute atomic E-state index is 14.1. The lowest BCUT2D eigenvalue weighted by molar-refractivity contribution is -0.147. The van der Waals surface area contributed by atoms with Crippen molar-refractivity contribution in [3.05, 3.63) is 98.8 Å². The van der Waals surface area contributed by atoms with Crippen LogP contribution < -0.4 is 26.2 Å². The van der Waals surface area contributed by atoms with Crippen molar-refractivity contribution in [3.63, 3.8) is 0 Å². The van der Waals surface area contributed by atoms with E-state index in [-0.39, 0.29) is 43.2 Å². The minimum Gasteiger partial charge on any atom is -0.460 e. The fraction of sp³-hybridized carbons (Fsp3) is 0.459. The lowest BCUT2D eigenvalue weighted by Gasteiger charge is -2.25. The zero-order chi connectivity index (χ0) is 37.3. The molecule has 2 unspecified atom stereocenters.